The van der Waals surface area contributed by atoms with Crippen molar-refractivity contribution in [3.63, 3.8) is 0 Å². The summed E-state index contributed by atoms with van der Waals surface area (Å²) in [6.45, 7) is 2.54. The standard InChI is InChI=1S/C27H27N7O4/c1-3-34-21-16-20(23(36)31-26-28-17-33(32-26)14-15-35)24(38-2)29-22(21)30-25(34)27(37,18-10-6-4-7-11-18)19-12-8-5-9-13-19/h4-13,16-17,35,37H,3,14-15H2,1-2H3,(H,31,32,36). The zero-order valence-corrected chi connectivity index (χ0v) is 20.9. The van der Waals surface area contributed by atoms with E-state index in [0.717, 1.165) is 0 Å². The van der Waals surface area contributed by atoms with E-state index < -0.39 is 11.5 Å². The summed E-state index contributed by atoms with van der Waals surface area (Å²) in [5.41, 5.74) is 0.737. The van der Waals surface area contributed by atoms with E-state index in [-0.39, 0.29) is 30.5 Å². The first-order valence-corrected chi connectivity index (χ1v) is 12.1. The molecule has 3 N–H and O–H groups in total. The number of pyridine rings is 1. The van der Waals surface area contributed by atoms with Gasteiger partial charge in [0.1, 0.15) is 11.9 Å². The molecule has 0 aliphatic carbocycles. The highest BCUT2D eigenvalue weighted by molar-refractivity contribution is 6.06. The number of rotatable bonds is 9. The summed E-state index contributed by atoms with van der Waals surface area (Å²) in [5.74, 6) is -0.00780. The van der Waals surface area contributed by atoms with E-state index in [2.05, 4.69) is 20.4 Å². The number of fused-ring (bicyclic) bond motifs is 1. The molecule has 38 heavy (non-hydrogen) atoms. The van der Waals surface area contributed by atoms with Crippen molar-refractivity contribution in [2.24, 2.45) is 0 Å². The summed E-state index contributed by atoms with van der Waals surface area (Å²) in [4.78, 5) is 26.5. The number of carbonyl (C=O) groups excluding carboxylic acids is 1. The number of hydrogen-bond acceptors (Lipinski definition) is 8. The number of nitrogens with zero attached hydrogens (tertiary/aromatic N) is 6. The summed E-state index contributed by atoms with van der Waals surface area (Å²) < 4.78 is 8.69. The molecule has 0 radical (unpaired) electrons. The number of nitrogens with one attached hydrogen (secondary N) is 1. The lowest BCUT2D eigenvalue weighted by Gasteiger charge is -2.29. The molecular formula is C27H27N7O4. The third-order valence-corrected chi connectivity index (χ3v) is 6.26. The second-order valence-corrected chi connectivity index (χ2v) is 8.52. The van der Waals surface area contributed by atoms with Gasteiger partial charge < -0.3 is 19.5 Å². The van der Waals surface area contributed by atoms with Crippen molar-refractivity contribution in [1.82, 2.24) is 29.3 Å². The van der Waals surface area contributed by atoms with Gasteiger partial charge in [-0.15, -0.1) is 5.10 Å². The normalized spacial score (nSPS) is 11.6. The lowest BCUT2D eigenvalue weighted by atomic mass is 9.85. The van der Waals surface area contributed by atoms with E-state index in [1.54, 1.807) is 6.07 Å². The molecule has 11 nitrogen and oxygen atoms in total. The Bertz CT molecular complexity index is 1530. The molecular weight excluding hydrogens is 486 g/mol. The molecule has 0 aliphatic rings. The van der Waals surface area contributed by atoms with E-state index in [0.29, 0.717) is 34.7 Å². The monoisotopic (exact) mass is 513 g/mol. The molecule has 0 saturated carbocycles. The summed E-state index contributed by atoms with van der Waals surface area (Å²) in [5, 5.41) is 28.2. The Morgan fingerprint density at radius 2 is 1.71 bits per heavy atom. The molecule has 194 valence electrons. The average molecular weight is 514 g/mol. The molecule has 0 unspecified atom stereocenters. The number of anilines is 1. The minimum Gasteiger partial charge on any atom is -0.480 e. The van der Waals surface area contributed by atoms with E-state index in [9.17, 15) is 9.90 Å². The van der Waals surface area contributed by atoms with Crippen LogP contribution in [0.5, 0.6) is 5.88 Å². The van der Waals surface area contributed by atoms with Crippen molar-refractivity contribution in [1.29, 1.82) is 0 Å². The van der Waals surface area contributed by atoms with Crippen LogP contribution in [0.25, 0.3) is 11.2 Å². The molecule has 0 aliphatic heterocycles. The number of aromatic nitrogens is 6. The minimum absolute atomic E-state index is 0.0695. The van der Waals surface area contributed by atoms with Crippen LogP contribution < -0.4 is 10.1 Å². The van der Waals surface area contributed by atoms with Gasteiger partial charge in [-0.3, -0.25) is 10.1 Å². The number of aryl methyl sites for hydroxylation is 1. The summed E-state index contributed by atoms with van der Waals surface area (Å²) >= 11 is 0. The molecule has 3 heterocycles. The number of benzene rings is 2. The van der Waals surface area contributed by atoms with Crippen molar-refractivity contribution < 1.29 is 19.7 Å². The molecule has 5 rings (SSSR count). The molecule has 11 heteroatoms. The highest BCUT2D eigenvalue weighted by atomic mass is 16.5. The molecule has 0 bridgehead atoms. The van der Waals surface area contributed by atoms with E-state index >= 15 is 0 Å². The van der Waals surface area contributed by atoms with Gasteiger partial charge >= 0.3 is 0 Å². The Labute approximate surface area is 218 Å². The van der Waals surface area contributed by atoms with Crippen LogP contribution in [0, 0.1) is 0 Å². The van der Waals surface area contributed by atoms with Crippen molar-refractivity contribution >= 4 is 23.0 Å². The SMILES string of the molecule is CCn1c(C(O)(c2ccccc2)c2ccccc2)nc2nc(OC)c(C(=O)Nc3ncn(CCO)n3)cc21. The van der Waals surface area contributed by atoms with Gasteiger partial charge in [0.05, 0.1) is 25.8 Å². The number of hydrogen-bond donors (Lipinski definition) is 3. The van der Waals surface area contributed by atoms with Gasteiger partial charge in [-0.1, -0.05) is 60.7 Å². The summed E-state index contributed by atoms with van der Waals surface area (Å²) in [7, 11) is 1.42. The molecule has 2 aromatic carbocycles. The second kappa shape index (κ2) is 10.4. The van der Waals surface area contributed by atoms with Gasteiger partial charge in [0.25, 0.3) is 5.91 Å². The van der Waals surface area contributed by atoms with Crippen LogP contribution >= 0.6 is 0 Å². The molecule has 3 aromatic heterocycles. The fourth-order valence-corrected chi connectivity index (χ4v) is 4.46. The van der Waals surface area contributed by atoms with Crippen LogP contribution in [-0.2, 0) is 18.7 Å². The van der Waals surface area contributed by atoms with Gasteiger partial charge in [0.15, 0.2) is 17.1 Å². The van der Waals surface area contributed by atoms with Crippen LogP contribution in [0.2, 0.25) is 0 Å². The number of amides is 1. The molecule has 0 fully saturated rings. The van der Waals surface area contributed by atoms with Gasteiger partial charge in [-0.25, -0.2) is 14.6 Å². The largest absolute Gasteiger partial charge is 0.480 e. The van der Waals surface area contributed by atoms with Gasteiger partial charge in [0, 0.05) is 6.54 Å². The van der Waals surface area contributed by atoms with E-state index in [4.69, 9.17) is 14.8 Å². The highest BCUT2D eigenvalue weighted by Crippen LogP contribution is 2.38. The number of aliphatic hydroxyl groups is 2. The zero-order valence-electron chi connectivity index (χ0n) is 20.9. The van der Waals surface area contributed by atoms with Crippen LogP contribution in [0.4, 0.5) is 5.95 Å². The van der Waals surface area contributed by atoms with Gasteiger partial charge in [-0.2, -0.15) is 4.98 Å². The Morgan fingerprint density at radius 3 is 2.29 bits per heavy atom. The van der Waals surface area contributed by atoms with Crippen molar-refractivity contribution in [3.8, 4) is 5.88 Å². The van der Waals surface area contributed by atoms with Crippen LogP contribution in [0.15, 0.2) is 73.1 Å². The van der Waals surface area contributed by atoms with Crippen molar-refractivity contribution in [2.45, 2.75) is 25.6 Å². The Morgan fingerprint density at radius 1 is 1.05 bits per heavy atom. The maximum atomic E-state index is 13.2. The predicted molar refractivity (Wildman–Crippen MR) is 140 cm³/mol. The topological polar surface area (TPSA) is 140 Å². The first-order valence-electron chi connectivity index (χ1n) is 12.1. The molecule has 5 aromatic rings. The Kier molecular flexibility index (Phi) is 6.86. The quantitative estimate of drug-likeness (QED) is 0.273. The third kappa shape index (κ3) is 4.38. The first-order chi connectivity index (χ1) is 18.5. The minimum atomic E-state index is -1.58. The first kappa shape index (κ1) is 25.1. The average Bonchev–Trinajstić information content (AvgIpc) is 3.56. The molecule has 1 amide bonds. The van der Waals surface area contributed by atoms with Crippen molar-refractivity contribution in [3.05, 3.63) is 95.6 Å². The number of imidazole rings is 1. The molecule has 0 spiro atoms. The maximum Gasteiger partial charge on any atom is 0.263 e. The van der Waals surface area contributed by atoms with E-state index in [1.807, 2.05) is 72.2 Å². The fraction of sp³-hybridized carbons (Fsp3) is 0.222. The lowest BCUT2D eigenvalue weighted by molar-refractivity contribution is 0.102. The number of aliphatic hydroxyl groups excluding tert-OH is 1. The Hall–Kier alpha value is -4.61. The zero-order chi connectivity index (χ0) is 26.7. The van der Waals surface area contributed by atoms with Crippen LogP contribution in [-0.4, -0.2) is 59.1 Å². The fourth-order valence-electron chi connectivity index (χ4n) is 4.46. The number of carbonyl (C=O) groups is 1. The van der Waals surface area contributed by atoms with Crippen molar-refractivity contribution in [2.75, 3.05) is 19.0 Å². The summed E-state index contributed by atoms with van der Waals surface area (Å²) in [6.07, 6.45) is 1.41. The maximum absolute atomic E-state index is 13.2. The van der Waals surface area contributed by atoms with Crippen LogP contribution in [0.3, 0.4) is 0 Å². The number of ether oxygens (including phenoxy) is 1. The van der Waals surface area contributed by atoms with Gasteiger partial charge in [0.2, 0.25) is 11.8 Å². The Balaban J connectivity index is 1.65. The predicted octanol–water partition coefficient (Wildman–Crippen LogP) is 2.58. The third-order valence-electron chi connectivity index (χ3n) is 6.26. The van der Waals surface area contributed by atoms with Crippen LogP contribution in [0.1, 0.15) is 34.2 Å². The molecule has 0 saturated heterocycles. The van der Waals surface area contributed by atoms with E-state index in [1.165, 1.54) is 18.1 Å². The highest BCUT2D eigenvalue weighted by Gasteiger charge is 2.39. The summed E-state index contributed by atoms with van der Waals surface area (Å²) in [6, 6.07) is 20.3. The second-order valence-electron chi connectivity index (χ2n) is 8.52. The van der Waals surface area contributed by atoms with Gasteiger partial charge in [-0.05, 0) is 24.1 Å². The molecule has 0 atom stereocenters. The smallest absolute Gasteiger partial charge is 0.263 e. The lowest BCUT2D eigenvalue weighted by Crippen LogP contribution is -2.32. The number of methoxy groups -OCH3 is 1.